The van der Waals surface area contributed by atoms with E-state index in [1.165, 1.54) is 13.3 Å². The molecule has 5 heteroatoms. The van der Waals surface area contributed by atoms with Crippen molar-refractivity contribution in [1.29, 1.82) is 0 Å². The maximum absolute atomic E-state index is 11.7. The largest absolute Gasteiger partial charge is 0.465 e. The standard InChI is InChI=1S/C12H15N3O2/c1-7(2)10-9(12(16)17-4)5-13-15-6-8(3)14-11(10)15/h5-7H,1-4H3. The number of aromatic nitrogens is 3. The lowest BCUT2D eigenvalue weighted by molar-refractivity contribution is 0.0598. The van der Waals surface area contributed by atoms with Gasteiger partial charge in [-0.1, -0.05) is 13.8 Å². The predicted octanol–water partition coefficient (Wildman–Crippen LogP) is 1.95. The number of imidazole rings is 1. The third kappa shape index (κ3) is 1.88. The summed E-state index contributed by atoms with van der Waals surface area (Å²) < 4.78 is 6.46. The second-order valence-corrected chi connectivity index (χ2v) is 4.27. The molecule has 90 valence electrons. The summed E-state index contributed by atoms with van der Waals surface area (Å²) in [5, 5.41) is 4.17. The van der Waals surface area contributed by atoms with Gasteiger partial charge in [-0.05, 0) is 12.8 Å². The number of nitrogens with zero attached hydrogens (tertiary/aromatic N) is 3. The first-order valence-electron chi connectivity index (χ1n) is 5.47. The van der Waals surface area contributed by atoms with Crippen LogP contribution in [0.4, 0.5) is 0 Å². The lowest BCUT2D eigenvalue weighted by Crippen LogP contribution is -2.10. The van der Waals surface area contributed by atoms with E-state index in [0.29, 0.717) is 5.56 Å². The predicted molar refractivity (Wildman–Crippen MR) is 63.2 cm³/mol. The van der Waals surface area contributed by atoms with Crippen LogP contribution in [0, 0.1) is 6.92 Å². The Morgan fingerprint density at radius 1 is 1.47 bits per heavy atom. The van der Waals surface area contributed by atoms with Crippen LogP contribution in [0.25, 0.3) is 5.65 Å². The molecule has 2 heterocycles. The molecular weight excluding hydrogens is 218 g/mol. The summed E-state index contributed by atoms with van der Waals surface area (Å²) in [5.74, 6) is -0.194. The molecule has 17 heavy (non-hydrogen) atoms. The number of hydrogen-bond acceptors (Lipinski definition) is 4. The first kappa shape index (κ1) is 11.6. The van der Waals surface area contributed by atoms with Crippen molar-refractivity contribution < 1.29 is 9.53 Å². The minimum atomic E-state index is -0.371. The Balaban J connectivity index is 2.76. The molecule has 2 rings (SSSR count). The van der Waals surface area contributed by atoms with E-state index < -0.39 is 0 Å². The summed E-state index contributed by atoms with van der Waals surface area (Å²) in [6.45, 7) is 5.94. The van der Waals surface area contributed by atoms with Crippen molar-refractivity contribution in [2.24, 2.45) is 0 Å². The molecule has 0 atom stereocenters. The van der Waals surface area contributed by atoms with E-state index in [1.807, 2.05) is 27.0 Å². The van der Waals surface area contributed by atoms with E-state index in [2.05, 4.69) is 10.1 Å². The monoisotopic (exact) mass is 233 g/mol. The van der Waals surface area contributed by atoms with Crippen molar-refractivity contribution >= 4 is 11.6 Å². The zero-order valence-corrected chi connectivity index (χ0v) is 10.4. The Hall–Kier alpha value is -1.91. The zero-order valence-electron chi connectivity index (χ0n) is 10.4. The molecule has 2 aromatic rings. The summed E-state index contributed by atoms with van der Waals surface area (Å²) in [6.07, 6.45) is 3.37. The van der Waals surface area contributed by atoms with Crippen LogP contribution in [0.3, 0.4) is 0 Å². The molecule has 0 bridgehead atoms. The van der Waals surface area contributed by atoms with E-state index in [-0.39, 0.29) is 11.9 Å². The molecule has 2 aromatic heterocycles. The second-order valence-electron chi connectivity index (χ2n) is 4.27. The van der Waals surface area contributed by atoms with Crippen LogP contribution in [-0.2, 0) is 4.74 Å². The normalized spacial score (nSPS) is 11.1. The highest BCUT2D eigenvalue weighted by Crippen LogP contribution is 2.24. The molecule has 0 saturated carbocycles. The minimum Gasteiger partial charge on any atom is -0.465 e. The number of aryl methyl sites for hydroxylation is 1. The van der Waals surface area contributed by atoms with Crippen molar-refractivity contribution in [1.82, 2.24) is 14.6 Å². The highest BCUT2D eigenvalue weighted by molar-refractivity contribution is 5.92. The molecule has 0 spiro atoms. The third-order valence-corrected chi connectivity index (χ3v) is 2.63. The lowest BCUT2D eigenvalue weighted by Gasteiger charge is -2.11. The number of carbonyl (C=O) groups excluding carboxylic acids is 1. The maximum atomic E-state index is 11.7. The molecule has 0 N–H and O–H groups in total. The van der Waals surface area contributed by atoms with Gasteiger partial charge in [0.05, 0.1) is 30.8 Å². The van der Waals surface area contributed by atoms with Crippen LogP contribution in [0.5, 0.6) is 0 Å². The number of ether oxygens (including phenoxy) is 1. The van der Waals surface area contributed by atoms with E-state index in [4.69, 9.17) is 4.74 Å². The third-order valence-electron chi connectivity index (χ3n) is 2.63. The van der Waals surface area contributed by atoms with Crippen molar-refractivity contribution in [2.75, 3.05) is 7.11 Å². The van der Waals surface area contributed by atoms with Gasteiger partial charge < -0.3 is 4.74 Å². The van der Waals surface area contributed by atoms with Crippen LogP contribution in [0.15, 0.2) is 12.4 Å². The van der Waals surface area contributed by atoms with Gasteiger partial charge >= 0.3 is 5.97 Å². The van der Waals surface area contributed by atoms with Crippen LogP contribution < -0.4 is 0 Å². The average Bonchev–Trinajstić information content (AvgIpc) is 2.66. The SMILES string of the molecule is COC(=O)c1cnn2cc(C)nc2c1C(C)C. The fraction of sp³-hybridized carbons (Fsp3) is 0.417. The van der Waals surface area contributed by atoms with Gasteiger partial charge in [0, 0.05) is 5.56 Å². The molecule has 0 aliphatic carbocycles. The molecular formula is C12H15N3O2. The molecule has 0 amide bonds. The molecule has 5 nitrogen and oxygen atoms in total. The summed E-state index contributed by atoms with van der Waals surface area (Å²) in [5.41, 5.74) is 2.96. The van der Waals surface area contributed by atoms with Crippen molar-refractivity contribution in [2.45, 2.75) is 26.7 Å². The van der Waals surface area contributed by atoms with Crippen LogP contribution >= 0.6 is 0 Å². The molecule has 0 saturated heterocycles. The number of esters is 1. The van der Waals surface area contributed by atoms with Gasteiger partial charge in [0.25, 0.3) is 0 Å². The number of rotatable bonds is 2. The van der Waals surface area contributed by atoms with E-state index in [9.17, 15) is 4.79 Å². The van der Waals surface area contributed by atoms with Gasteiger partial charge in [-0.3, -0.25) is 0 Å². The summed E-state index contributed by atoms with van der Waals surface area (Å²) in [7, 11) is 1.37. The summed E-state index contributed by atoms with van der Waals surface area (Å²) >= 11 is 0. The van der Waals surface area contributed by atoms with Crippen LogP contribution in [0.2, 0.25) is 0 Å². The van der Waals surface area contributed by atoms with Gasteiger partial charge in [0.15, 0.2) is 5.65 Å². The Bertz CT molecular complexity index is 572. The van der Waals surface area contributed by atoms with Crippen LogP contribution in [0.1, 0.15) is 41.4 Å². The molecule has 0 fully saturated rings. The molecule has 0 aliphatic rings. The quantitative estimate of drug-likeness (QED) is 0.744. The first-order valence-corrected chi connectivity index (χ1v) is 5.47. The topological polar surface area (TPSA) is 56.5 Å². The molecule has 0 aliphatic heterocycles. The van der Waals surface area contributed by atoms with Gasteiger partial charge in [-0.25, -0.2) is 14.3 Å². The van der Waals surface area contributed by atoms with Crippen molar-refractivity contribution in [3.8, 4) is 0 Å². The van der Waals surface area contributed by atoms with Crippen molar-refractivity contribution in [3.05, 3.63) is 29.2 Å². The Morgan fingerprint density at radius 3 is 2.76 bits per heavy atom. The number of fused-ring (bicyclic) bond motifs is 1. The summed E-state index contributed by atoms with van der Waals surface area (Å²) in [4.78, 5) is 16.1. The number of methoxy groups -OCH3 is 1. The molecule has 0 unspecified atom stereocenters. The van der Waals surface area contributed by atoms with Gasteiger partial charge in [0.2, 0.25) is 0 Å². The van der Waals surface area contributed by atoms with Gasteiger partial charge in [-0.15, -0.1) is 0 Å². The Labute approximate surface area is 99.4 Å². The highest BCUT2D eigenvalue weighted by Gasteiger charge is 2.19. The fourth-order valence-corrected chi connectivity index (χ4v) is 1.91. The minimum absolute atomic E-state index is 0.177. The second kappa shape index (κ2) is 4.16. The highest BCUT2D eigenvalue weighted by atomic mass is 16.5. The van der Waals surface area contributed by atoms with E-state index >= 15 is 0 Å². The smallest absolute Gasteiger partial charge is 0.339 e. The zero-order chi connectivity index (χ0) is 12.6. The average molecular weight is 233 g/mol. The fourth-order valence-electron chi connectivity index (χ4n) is 1.91. The summed E-state index contributed by atoms with van der Waals surface area (Å²) in [6, 6.07) is 0. The molecule has 0 aromatic carbocycles. The van der Waals surface area contributed by atoms with E-state index in [0.717, 1.165) is 16.9 Å². The number of hydrogen-bond donors (Lipinski definition) is 0. The maximum Gasteiger partial charge on any atom is 0.339 e. The first-order chi connectivity index (χ1) is 8.04. The number of carbonyl (C=O) groups is 1. The Morgan fingerprint density at radius 2 is 2.18 bits per heavy atom. The molecule has 0 radical (unpaired) electrons. The van der Waals surface area contributed by atoms with Gasteiger partial charge in [-0.2, -0.15) is 5.10 Å². The lowest BCUT2D eigenvalue weighted by atomic mass is 10.00. The van der Waals surface area contributed by atoms with Crippen LogP contribution in [-0.4, -0.2) is 27.7 Å². The van der Waals surface area contributed by atoms with Gasteiger partial charge in [0.1, 0.15) is 0 Å². The van der Waals surface area contributed by atoms with Crippen molar-refractivity contribution in [3.63, 3.8) is 0 Å². The van der Waals surface area contributed by atoms with E-state index in [1.54, 1.807) is 4.52 Å². The Kier molecular flexibility index (Phi) is 2.83.